The van der Waals surface area contributed by atoms with Crippen LogP contribution in [-0.4, -0.2) is 30.9 Å². The fourth-order valence-electron chi connectivity index (χ4n) is 1.56. The Labute approximate surface area is 120 Å². The molecule has 0 saturated heterocycles. The third-order valence-corrected chi connectivity index (χ3v) is 4.05. The van der Waals surface area contributed by atoms with E-state index in [1.165, 1.54) is 11.2 Å². The first-order chi connectivity index (χ1) is 8.14. The molecule has 0 amide bonds. The maximum absolute atomic E-state index is 11.6. The Hall–Kier alpha value is -0.410. The Kier molecular flexibility index (Phi) is 4.96. The van der Waals surface area contributed by atoms with Crippen molar-refractivity contribution in [3.05, 3.63) is 21.9 Å². The van der Waals surface area contributed by atoms with Crippen LogP contribution in [0.5, 0.6) is 0 Å². The fraction of sp³-hybridized carbons (Fsp3) is 0.444. The van der Waals surface area contributed by atoms with E-state index in [-0.39, 0.29) is 11.2 Å². The molecular weight excluding hydrogens is 344 g/mol. The summed E-state index contributed by atoms with van der Waals surface area (Å²) in [7, 11) is -2.33. The molecule has 0 aromatic carbocycles. The highest BCUT2D eigenvalue weighted by Gasteiger charge is 2.27. The van der Waals surface area contributed by atoms with Gasteiger partial charge in [-0.1, -0.05) is 16.0 Å². The summed E-state index contributed by atoms with van der Waals surface area (Å²) >= 11 is 9.21. The van der Waals surface area contributed by atoms with Gasteiger partial charge in [-0.3, -0.25) is 5.01 Å². The van der Waals surface area contributed by atoms with E-state index >= 15 is 0 Å². The second-order valence-electron chi connectivity index (χ2n) is 3.90. The number of halogens is 2. The molecule has 0 fully saturated rings. The normalized spacial score (nSPS) is 12.2. The summed E-state index contributed by atoms with van der Waals surface area (Å²) in [6.45, 7) is 3.42. The van der Waals surface area contributed by atoms with Gasteiger partial charge >= 0.3 is 0 Å². The van der Waals surface area contributed by atoms with Crippen LogP contribution in [0.15, 0.2) is 16.7 Å². The number of pyridine rings is 1. The first kappa shape index (κ1) is 15.6. The van der Waals surface area contributed by atoms with Gasteiger partial charge in [0.05, 0.1) is 5.69 Å². The van der Waals surface area contributed by atoms with Gasteiger partial charge in [-0.25, -0.2) is 10.1 Å². The molecule has 1 rings (SSSR count). The number of hydrogen-bond donors (Lipinski definition) is 1. The lowest BCUT2D eigenvalue weighted by Crippen LogP contribution is -2.51. The summed E-state index contributed by atoms with van der Waals surface area (Å²) in [6, 6.07) is 1.32. The maximum Gasteiger partial charge on any atom is 0.294 e. The van der Waals surface area contributed by atoms with E-state index in [1.54, 1.807) is 27.0 Å². The molecule has 0 unspecified atom stereocenters. The Morgan fingerprint density at radius 3 is 2.50 bits per heavy atom. The zero-order valence-corrected chi connectivity index (χ0v) is 13.3. The minimum atomic E-state index is -3.88. The van der Waals surface area contributed by atoms with E-state index in [4.69, 9.17) is 16.7 Å². The lowest BCUT2D eigenvalue weighted by atomic mass is 10.4. The molecule has 18 heavy (non-hydrogen) atoms. The Morgan fingerprint density at radius 1 is 1.50 bits per heavy atom. The first-order valence-corrected chi connectivity index (χ1v) is 7.69. The lowest BCUT2D eigenvalue weighted by molar-refractivity contribution is 0.346. The Morgan fingerprint density at radius 2 is 2.06 bits per heavy atom. The van der Waals surface area contributed by atoms with Gasteiger partial charge in [-0.15, -0.1) is 0 Å². The third-order valence-electron chi connectivity index (χ3n) is 2.13. The molecule has 102 valence electrons. The molecule has 0 atom stereocenters. The number of rotatable bonds is 4. The van der Waals surface area contributed by atoms with E-state index in [9.17, 15) is 8.42 Å². The fourth-order valence-corrected chi connectivity index (χ4v) is 3.12. The van der Waals surface area contributed by atoms with Crippen LogP contribution < -0.4 is 10.1 Å². The van der Waals surface area contributed by atoms with Crippen LogP contribution in [0, 0.1) is 0 Å². The summed E-state index contributed by atoms with van der Waals surface area (Å²) in [6.07, 6.45) is 1.52. The van der Waals surface area contributed by atoms with Crippen molar-refractivity contribution >= 4 is 43.4 Å². The number of hydrogen-bond acceptors (Lipinski definition) is 4. The second kappa shape index (κ2) is 5.70. The van der Waals surface area contributed by atoms with Crippen molar-refractivity contribution in [3.8, 4) is 0 Å². The number of aromatic nitrogens is 1. The molecule has 2 N–H and O–H groups in total. The molecule has 0 saturated carbocycles. The van der Waals surface area contributed by atoms with Crippen LogP contribution >= 0.6 is 27.5 Å². The molecule has 0 aliphatic rings. The predicted octanol–water partition coefficient (Wildman–Crippen LogP) is 1.76. The molecule has 0 bridgehead atoms. The van der Waals surface area contributed by atoms with Crippen molar-refractivity contribution in [1.29, 1.82) is 0 Å². The SMILES string of the molecule is CC(C)N(N(C)c1cc(Br)cnc1Cl)S(N)(=O)=O. The molecule has 0 aliphatic carbocycles. The largest absolute Gasteiger partial charge is 0.294 e. The molecule has 1 aromatic rings. The number of nitrogens with zero attached hydrogens (tertiary/aromatic N) is 3. The zero-order valence-electron chi connectivity index (χ0n) is 10.1. The van der Waals surface area contributed by atoms with Gasteiger partial charge in [-0.2, -0.15) is 8.42 Å². The van der Waals surface area contributed by atoms with Crippen LogP contribution in [0.1, 0.15) is 13.8 Å². The van der Waals surface area contributed by atoms with Crippen LogP contribution in [0.3, 0.4) is 0 Å². The second-order valence-corrected chi connectivity index (χ2v) is 6.58. The highest BCUT2D eigenvalue weighted by atomic mass is 79.9. The Bertz CT molecular complexity index is 537. The topological polar surface area (TPSA) is 79.5 Å². The molecule has 9 heteroatoms. The maximum atomic E-state index is 11.6. The van der Waals surface area contributed by atoms with Crippen molar-refractivity contribution in [3.63, 3.8) is 0 Å². The van der Waals surface area contributed by atoms with Crippen molar-refractivity contribution in [2.45, 2.75) is 19.9 Å². The molecule has 0 radical (unpaired) electrons. The molecular formula is C9H14BrClN4O2S. The minimum absolute atomic E-state index is 0.190. The van der Waals surface area contributed by atoms with E-state index < -0.39 is 10.2 Å². The molecule has 6 nitrogen and oxygen atoms in total. The lowest BCUT2D eigenvalue weighted by Gasteiger charge is -2.34. The highest BCUT2D eigenvalue weighted by molar-refractivity contribution is 9.10. The van der Waals surface area contributed by atoms with Gasteiger partial charge in [0.2, 0.25) is 0 Å². The van der Waals surface area contributed by atoms with E-state index in [0.717, 1.165) is 4.41 Å². The molecule has 0 spiro atoms. The summed E-state index contributed by atoms with van der Waals surface area (Å²) in [4.78, 5) is 3.94. The van der Waals surface area contributed by atoms with Crippen LogP contribution in [0.4, 0.5) is 5.69 Å². The average Bonchev–Trinajstić information content (AvgIpc) is 2.18. The van der Waals surface area contributed by atoms with Crippen molar-refractivity contribution in [2.24, 2.45) is 5.14 Å². The summed E-state index contributed by atoms with van der Waals surface area (Å²) in [5.74, 6) is 0. The summed E-state index contributed by atoms with van der Waals surface area (Å²) in [5.41, 5.74) is 0.439. The monoisotopic (exact) mass is 356 g/mol. The van der Waals surface area contributed by atoms with Gasteiger partial charge in [0.1, 0.15) is 0 Å². The van der Waals surface area contributed by atoms with E-state index in [1.807, 2.05) is 0 Å². The first-order valence-electron chi connectivity index (χ1n) is 5.01. The highest BCUT2D eigenvalue weighted by Crippen LogP contribution is 2.28. The van der Waals surface area contributed by atoms with Crippen molar-refractivity contribution in [2.75, 3.05) is 12.1 Å². The van der Waals surface area contributed by atoms with Crippen LogP contribution in [0.2, 0.25) is 5.15 Å². The summed E-state index contributed by atoms with van der Waals surface area (Å²) < 4.78 is 24.9. The van der Waals surface area contributed by atoms with Gasteiger partial charge < -0.3 is 0 Å². The molecule has 1 heterocycles. The number of nitrogens with two attached hydrogens (primary N) is 1. The van der Waals surface area contributed by atoms with Crippen LogP contribution in [0.25, 0.3) is 0 Å². The van der Waals surface area contributed by atoms with Gasteiger partial charge in [0.15, 0.2) is 5.15 Å². The minimum Gasteiger partial charge on any atom is -0.291 e. The van der Waals surface area contributed by atoms with Gasteiger partial charge in [0, 0.05) is 23.8 Å². The standard InChI is InChI=1S/C9H14BrClN4O2S/c1-6(2)15(18(12,16)17)14(3)8-4-7(10)5-13-9(8)11/h4-6H,1-3H3,(H2,12,16,17). The van der Waals surface area contributed by atoms with Gasteiger partial charge in [0.25, 0.3) is 10.2 Å². The number of hydrazine groups is 1. The van der Waals surface area contributed by atoms with Crippen molar-refractivity contribution < 1.29 is 8.42 Å². The van der Waals surface area contributed by atoms with E-state index in [2.05, 4.69) is 20.9 Å². The number of anilines is 1. The smallest absolute Gasteiger partial charge is 0.291 e. The quantitative estimate of drug-likeness (QED) is 0.658. The predicted molar refractivity (Wildman–Crippen MR) is 75.4 cm³/mol. The molecule has 1 aromatic heterocycles. The summed E-state index contributed by atoms with van der Waals surface area (Å²) in [5, 5.41) is 6.74. The van der Waals surface area contributed by atoms with E-state index in [0.29, 0.717) is 10.2 Å². The van der Waals surface area contributed by atoms with Crippen molar-refractivity contribution in [1.82, 2.24) is 9.40 Å². The van der Waals surface area contributed by atoms with Gasteiger partial charge in [-0.05, 0) is 35.8 Å². The average molecular weight is 358 g/mol. The zero-order chi connectivity index (χ0) is 14.1. The molecule has 0 aliphatic heterocycles. The third kappa shape index (κ3) is 3.55. The van der Waals surface area contributed by atoms with Crippen LogP contribution in [-0.2, 0) is 10.2 Å². The Balaban J connectivity index is 3.26.